The molecule has 5 heteroatoms. The minimum Gasteiger partial charge on any atom is -0.385 e. The van der Waals surface area contributed by atoms with Crippen LogP contribution in [0.4, 0.5) is 4.39 Å². The minimum absolute atomic E-state index is 0.254. The summed E-state index contributed by atoms with van der Waals surface area (Å²) < 4.78 is 15.3. The van der Waals surface area contributed by atoms with E-state index >= 15 is 0 Å². The van der Waals surface area contributed by atoms with Crippen LogP contribution in [-0.4, -0.2) is 31.9 Å². The zero-order valence-electron chi connectivity index (χ0n) is 15.0. The van der Waals surface area contributed by atoms with Crippen molar-refractivity contribution in [2.45, 2.75) is 70.3 Å². The molecule has 0 saturated carbocycles. The van der Waals surface area contributed by atoms with Crippen LogP contribution in [0.3, 0.4) is 0 Å². The molecule has 0 radical (unpaired) electrons. The largest absolute Gasteiger partial charge is 0.385 e. The fraction of sp³-hybridized carbons (Fsp3) is 0.550. The highest BCUT2D eigenvalue weighted by molar-refractivity contribution is 5.26. The highest BCUT2D eigenvalue weighted by Crippen LogP contribution is 2.46. The van der Waals surface area contributed by atoms with E-state index in [0.717, 1.165) is 44.3 Å². The predicted octanol–water partition coefficient (Wildman–Crippen LogP) is 3.37. The predicted molar refractivity (Wildman–Crippen MR) is 94.5 cm³/mol. The summed E-state index contributed by atoms with van der Waals surface area (Å²) in [4.78, 5) is 2.54. The number of hydrogen-bond donors (Lipinski definition) is 1. The smallest absolute Gasteiger partial charge is 0.123 e. The summed E-state index contributed by atoms with van der Waals surface area (Å²) >= 11 is 0. The third-order valence-corrected chi connectivity index (χ3v) is 6.16. The lowest BCUT2D eigenvalue weighted by molar-refractivity contribution is -0.0595. The van der Waals surface area contributed by atoms with E-state index in [0.29, 0.717) is 12.1 Å². The molecule has 0 aliphatic carbocycles. The molecule has 134 valence electrons. The second-order valence-corrected chi connectivity index (χ2v) is 7.58. The quantitative estimate of drug-likeness (QED) is 0.925. The van der Waals surface area contributed by atoms with E-state index < -0.39 is 5.60 Å². The number of aryl methyl sites for hydroxylation is 1. The number of aromatic nitrogens is 2. The number of hydrogen-bond acceptors (Lipinski definition) is 3. The van der Waals surface area contributed by atoms with Crippen LogP contribution in [0.1, 0.15) is 49.4 Å². The molecule has 2 aromatic rings. The molecule has 4 nitrogen and oxygen atoms in total. The molecule has 1 aromatic carbocycles. The summed E-state index contributed by atoms with van der Waals surface area (Å²) in [5, 5.41) is 15.7. The molecule has 3 atom stereocenters. The molecule has 0 amide bonds. The van der Waals surface area contributed by atoms with Crippen molar-refractivity contribution in [3.05, 3.63) is 53.1 Å². The highest BCUT2D eigenvalue weighted by Gasteiger charge is 2.48. The molecule has 1 unspecified atom stereocenters. The van der Waals surface area contributed by atoms with E-state index in [-0.39, 0.29) is 5.82 Å². The molecule has 2 aliphatic rings. The van der Waals surface area contributed by atoms with Crippen molar-refractivity contribution in [2.24, 2.45) is 0 Å². The van der Waals surface area contributed by atoms with Gasteiger partial charge in [-0.1, -0.05) is 12.1 Å². The van der Waals surface area contributed by atoms with Crippen LogP contribution in [0.5, 0.6) is 0 Å². The second-order valence-electron chi connectivity index (χ2n) is 7.58. The maximum absolute atomic E-state index is 13.2. The van der Waals surface area contributed by atoms with Crippen molar-refractivity contribution < 1.29 is 9.50 Å². The number of aliphatic hydroxyl groups is 1. The second kappa shape index (κ2) is 6.22. The highest BCUT2D eigenvalue weighted by atomic mass is 19.1. The fourth-order valence-corrected chi connectivity index (χ4v) is 4.73. The monoisotopic (exact) mass is 343 g/mol. The number of benzene rings is 1. The van der Waals surface area contributed by atoms with Gasteiger partial charge in [0.05, 0.1) is 11.8 Å². The summed E-state index contributed by atoms with van der Waals surface area (Å²) in [6.07, 6.45) is 5.66. The molecule has 1 aromatic heterocycles. The van der Waals surface area contributed by atoms with Gasteiger partial charge in [0.15, 0.2) is 0 Å². The van der Waals surface area contributed by atoms with Gasteiger partial charge in [-0.05, 0) is 57.2 Å². The molecule has 0 spiro atoms. The van der Waals surface area contributed by atoms with Crippen LogP contribution in [0.2, 0.25) is 0 Å². The maximum Gasteiger partial charge on any atom is 0.123 e. The number of rotatable bonds is 4. The van der Waals surface area contributed by atoms with Gasteiger partial charge < -0.3 is 5.11 Å². The Morgan fingerprint density at radius 3 is 2.40 bits per heavy atom. The Labute approximate surface area is 148 Å². The molecule has 1 N–H and O–H groups in total. The van der Waals surface area contributed by atoms with Gasteiger partial charge in [-0.3, -0.25) is 9.58 Å². The Hall–Kier alpha value is -1.72. The van der Waals surface area contributed by atoms with Gasteiger partial charge >= 0.3 is 0 Å². The van der Waals surface area contributed by atoms with Crippen molar-refractivity contribution >= 4 is 0 Å². The van der Waals surface area contributed by atoms with Gasteiger partial charge in [-0.15, -0.1) is 0 Å². The van der Waals surface area contributed by atoms with E-state index in [1.807, 2.05) is 10.9 Å². The first-order valence-electron chi connectivity index (χ1n) is 9.25. The molecule has 2 fully saturated rings. The Balaban J connectivity index is 1.53. The first-order valence-corrected chi connectivity index (χ1v) is 9.25. The van der Waals surface area contributed by atoms with Crippen LogP contribution in [-0.2, 0) is 18.7 Å². The Bertz CT molecular complexity index is 741. The first-order chi connectivity index (χ1) is 12.0. The average molecular weight is 343 g/mol. The van der Waals surface area contributed by atoms with Gasteiger partial charge in [0.1, 0.15) is 5.82 Å². The lowest BCUT2D eigenvalue weighted by Gasteiger charge is -2.44. The number of halogens is 1. The molecule has 2 aliphatic heterocycles. The van der Waals surface area contributed by atoms with Crippen LogP contribution in [0.25, 0.3) is 0 Å². The third-order valence-electron chi connectivity index (χ3n) is 6.16. The molecule has 25 heavy (non-hydrogen) atoms. The van der Waals surface area contributed by atoms with Gasteiger partial charge in [-0.25, -0.2) is 4.39 Å². The van der Waals surface area contributed by atoms with Gasteiger partial charge in [0, 0.05) is 36.4 Å². The molecular formula is C20H26FN3O. The molecule has 3 heterocycles. The van der Waals surface area contributed by atoms with Crippen LogP contribution in [0.15, 0.2) is 30.5 Å². The van der Waals surface area contributed by atoms with Crippen molar-refractivity contribution in [3.63, 3.8) is 0 Å². The Morgan fingerprint density at radius 1 is 1.20 bits per heavy atom. The Morgan fingerprint density at radius 2 is 1.84 bits per heavy atom. The lowest BCUT2D eigenvalue weighted by atomic mass is 9.80. The van der Waals surface area contributed by atoms with E-state index in [9.17, 15) is 9.50 Å². The average Bonchev–Trinajstić information content (AvgIpc) is 3.06. The topological polar surface area (TPSA) is 41.3 Å². The van der Waals surface area contributed by atoms with Crippen molar-refractivity contribution in [1.29, 1.82) is 0 Å². The van der Waals surface area contributed by atoms with Crippen molar-refractivity contribution in [1.82, 2.24) is 14.7 Å². The number of nitrogens with zero attached hydrogens (tertiary/aromatic N) is 3. The zero-order chi connectivity index (χ0) is 17.6. The fourth-order valence-electron chi connectivity index (χ4n) is 4.73. The Kier molecular flexibility index (Phi) is 4.16. The van der Waals surface area contributed by atoms with Crippen molar-refractivity contribution in [2.75, 3.05) is 0 Å². The zero-order valence-corrected chi connectivity index (χ0v) is 15.0. The summed E-state index contributed by atoms with van der Waals surface area (Å²) in [7, 11) is 0. The van der Waals surface area contributed by atoms with Crippen molar-refractivity contribution in [3.8, 4) is 0 Å². The summed E-state index contributed by atoms with van der Waals surface area (Å²) in [5.41, 5.74) is 2.53. The van der Waals surface area contributed by atoms with E-state index in [1.54, 1.807) is 12.1 Å². The van der Waals surface area contributed by atoms with Gasteiger partial charge in [-0.2, -0.15) is 5.10 Å². The van der Waals surface area contributed by atoms with E-state index in [2.05, 4.69) is 23.8 Å². The van der Waals surface area contributed by atoms with Crippen LogP contribution < -0.4 is 0 Å². The maximum atomic E-state index is 13.2. The van der Waals surface area contributed by atoms with Crippen LogP contribution >= 0.6 is 0 Å². The SMILES string of the molecule is CCn1ncc(CN2[C@@H]3CC[C@H]2CC(O)(c2ccc(F)cc2)C3)c1C. The molecule has 2 saturated heterocycles. The van der Waals surface area contributed by atoms with Gasteiger partial charge in [0.2, 0.25) is 0 Å². The first kappa shape index (κ1) is 16.7. The molecule has 2 bridgehead atoms. The molecule has 4 rings (SSSR count). The normalized spacial score (nSPS) is 29.3. The lowest BCUT2D eigenvalue weighted by Crippen LogP contribution is -2.49. The number of fused-ring (bicyclic) bond motifs is 2. The summed E-state index contributed by atoms with van der Waals surface area (Å²) in [6.45, 7) is 6.04. The summed E-state index contributed by atoms with van der Waals surface area (Å²) in [6, 6.07) is 7.12. The number of piperidine rings is 1. The van der Waals surface area contributed by atoms with E-state index in [1.165, 1.54) is 23.4 Å². The molecular weight excluding hydrogens is 317 g/mol. The minimum atomic E-state index is -0.835. The van der Waals surface area contributed by atoms with E-state index in [4.69, 9.17) is 0 Å². The summed E-state index contributed by atoms with van der Waals surface area (Å²) in [5.74, 6) is -0.254. The van der Waals surface area contributed by atoms with Crippen LogP contribution in [0, 0.1) is 12.7 Å². The van der Waals surface area contributed by atoms with Gasteiger partial charge in [0.25, 0.3) is 0 Å². The standard InChI is InChI=1S/C20H26FN3O/c1-3-24-14(2)15(12-22-24)13-23-18-8-9-19(23)11-20(25,10-18)16-4-6-17(21)7-5-16/h4-7,12,18-19,25H,3,8-11,13H2,1-2H3/t18-,19+,20?. The third kappa shape index (κ3) is 2.89.